The monoisotopic (exact) mass is 181 g/mol. The summed E-state index contributed by atoms with van der Waals surface area (Å²) < 4.78 is 0. The second-order valence-corrected chi connectivity index (χ2v) is 3.94. The molecule has 0 aromatic rings. The predicted molar refractivity (Wildman–Crippen MR) is 54.6 cm³/mol. The topological polar surface area (TPSA) is 18.5 Å². The van der Waals surface area contributed by atoms with E-state index < -0.39 is 0 Å². The van der Waals surface area contributed by atoms with E-state index in [1.54, 1.807) is 5.70 Å². The molecule has 2 aliphatic heterocycles. The van der Waals surface area contributed by atoms with Crippen LogP contribution in [0.15, 0.2) is 11.8 Å². The summed E-state index contributed by atoms with van der Waals surface area (Å²) >= 11 is 0. The highest BCUT2D eigenvalue weighted by Crippen LogP contribution is 2.13. The largest absolute Gasteiger partial charge is 0.372 e. The summed E-state index contributed by atoms with van der Waals surface area (Å²) in [5.74, 6) is 0. The minimum absolute atomic E-state index is 1.06. The number of hydrogen-bond donors (Lipinski definition) is 1. The molecule has 1 N–H and O–H groups in total. The summed E-state index contributed by atoms with van der Waals surface area (Å²) in [6, 6.07) is 0. The Balaban J connectivity index is 1.89. The van der Waals surface area contributed by atoms with Gasteiger partial charge in [-0.25, -0.2) is 0 Å². The van der Waals surface area contributed by atoms with Crippen LogP contribution in [0.1, 0.15) is 6.42 Å². The Morgan fingerprint density at radius 3 is 2.62 bits per heavy atom. The van der Waals surface area contributed by atoms with Crippen LogP contribution in [0.3, 0.4) is 0 Å². The fraction of sp³-hybridized carbons (Fsp3) is 0.800. The van der Waals surface area contributed by atoms with E-state index in [4.69, 9.17) is 0 Å². The molecule has 3 nitrogen and oxygen atoms in total. The zero-order chi connectivity index (χ0) is 9.10. The van der Waals surface area contributed by atoms with Crippen LogP contribution >= 0.6 is 0 Å². The molecule has 0 aromatic carbocycles. The van der Waals surface area contributed by atoms with Crippen LogP contribution in [-0.2, 0) is 0 Å². The summed E-state index contributed by atoms with van der Waals surface area (Å²) in [6.07, 6.45) is 3.55. The van der Waals surface area contributed by atoms with Crippen LogP contribution in [0.25, 0.3) is 0 Å². The summed E-state index contributed by atoms with van der Waals surface area (Å²) in [7, 11) is 2.20. The Labute approximate surface area is 80.4 Å². The molecule has 0 atom stereocenters. The highest BCUT2D eigenvalue weighted by Gasteiger charge is 2.16. The van der Waals surface area contributed by atoms with Gasteiger partial charge in [0, 0.05) is 45.0 Å². The average Bonchev–Trinajstić information content (AvgIpc) is 2.20. The van der Waals surface area contributed by atoms with E-state index in [9.17, 15) is 0 Å². The molecule has 3 heteroatoms. The molecule has 0 bridgehead atoms. The third-order valence-electron chi connectivity index (χ3n) is 2.95. The predicted octanol–water partition coefficient (Wildman–Crippen LogP) is 0.111. The van der Waals surface area contributed by atoms with Crippen molar-refractivity contribution in [2.75, 3.05) is 46.3 Å². The fourth-order valence-electron chi connectivity index (χ4n) is 1.99. The highest BCUT2D eigenvalue weighted by molar-refractivity contribution is 5.06. The summed E-state index contributed by atoms with van der Waals surface area (Å²) in [5.41, 5.74) is 1.56. The van der Waals surface area contributed by atoms with E-state index in [0.717, 1.165) is 13.1 Å². The molecular weight excluding hydrogens is 162 g/mol. The molecular formula is C10H19N3. The van der Waals surface area contributed by atoms with Crippen LogP contribution in [0.2, 0.25) is 0 Å². The second kappa shape index (κ2) is 4.11. The van der Waals surface area contributed by atoms with Crippen molar-refractivity contribution >= 4 is 0 Å². The molecule has 0 aliphatic carbocycles. The zero-order valence-electron chi connectivity index (χ0n) is 8.42. The van der Waals surface area contributed by atoms with Crippen molar-refractivity contribution in [3.05, 3.63) is 11.8 Å². The molecule has 0 saturated carbocycles. The van der Waals surface area contributed by atoms with Crippen molar-refractivity contribution < 1.29 is 0 Å². The lowest BCUT2D eigenvalue weighted by Crippen LogP contribution is -2.45. The van der Waals surface area contributed by atoms with Gasteiger partial charge < -0.3 is 15.1 Å². The molecule has 0 unspecified atom stereocenters. The molecule has 0 aromatic heterocycles. The summed E-state index contributed by atoms with van der Waals surface area (Å²) in [4.78, 5) is 4.94. The Morgan fingerprint density at radius 2 is 2.00 bits per heavy atom. The first-order valence-electron chi connectivity index (χ1n) is 5.19. The third-order valence-corrected chi connectivity index (χ3v) is 2.95. The van der Waals surface area contributed by atoms with Crippen molar-refractivity contribution in [2.24, 2.45) is 0 Å². The molecule has 0 radical (unpaired) electrons. The SMILES string of the molecule is CN1CCN(C2=CCNCC2)CC1. The smallest absolute Gasteiger partial charge is 0.0303 e. The maximum atomic E-state index is 3.35. The van der Waals surface area contributed by atoms with E-state index >= 15 is 0 Å². The Morgan fingerprint density at radius 1 is 1.23 bits per heavy atom. The zero-order valence-corrected chi connectivity index (χ0v) is 8.42. The Hall–Kier alpha value is -0.540. The van der Waals surface area contributed by atoms with Crippen LogP contribution in [0.4, 0.5) is 0 Å². The van der Waals surface area contributed by atoms with Crippen molar-refractivity contribution in [2.45, 2.75) is 6.42 Å². The van der Waals surface area contributed by atoms with Crippen molar-refractivity contribution in [3.63, 3.8) is 0 Å². The van der Waals surface area contributed by atoms with E-state index in [-0.39, 0.29) is 0 Å². The minimum atomic E-state index is 1.06. The first kappa shape index (κ1) is 9.03. The number of hydrogen-bond acceptors (Lipinski definition) is 3. The van der Waals surface area contributed by atoms with E-state index in [2.05, 4.69) is 28.2 Å². The van der Waals surface area contributed by atoms with Gasteiger partial charge in [0.1, 0.15) is 0 Å². The fourth-order valence-corrected chi connectivity index (χ4v) is 1.99. The average molecular weight is 181 g/mol. The van der Waals surface area contributed by atoms with E-state index in [1.807, 2.05) is 0 Å². The quantitative estimate of drug-likeness (QED) is 0.619. The lowest BCUT2D eigenvalue weighted by Gasteiger charge is -2.36. The standard InChI is InChI=1S/C10H19N3/c1-12-6-8-13(9-7-12)10-2-4-11-5-3-10/h2,11H,3-9H2,1H3. The van der Waals surface area contributed by atoms with Gasteiger partial charge in [-0.3, -0.25) is 0 Å². The lowest BCUT2D eigenvalue weighted by molar-refractivity contribution is 0.180. The second-order valence-electron chi connectivity index (χ2n) is 3.94. The minimum Gasteiger partial charge on any atom is -0.372 e. The van der Waals surface area contributed by atoms with Crippen molar-refractivity contribution in [1.82, 2.24) is 15.1 Å². The summed E-state index contributed by atoms with van der Waals surface area (Å²) in [6.45, 7) is 7.06. The van der Waals surface area contributed by atoms with Gasteiger partial charge in [-0.05, 0) is 13.5 Å². The van der Waals surface area contributed by atoms with Gasteiger partial charge in [0.15, 0.2) is 0 Å². The molecule has 2 aliphatic rings. The number of nitrogens with one attached hydrogen (secondary N) is 1. The van der Waals surface area contributed by atoms with Crippen LogP contribution in [0, 0.1) is 0 Å². The first-order chi connectivity index (χ1) is 6.36. The van der Waals surface area contributed by atoms with Crippen LogP contribution in [-0.4, -0.2) is 56.1 Å². The molecule has 2 rings (SSSR count). The lowest BCUT2D eigenvalue weighted by atomic mass is 10.2. The number of rotatable bonds is 1. The Bertz CT molecular complexity index is 192. The van der Waals surface area contributed by atoms with Gasteiger partial charge >= 0.3 is 0 Å². The van der Waals surface area contributed by atoms with Crippen LogP contribution < -0.4 is 5.32 Å². The molecule has 0 amide bonds. The molecule has 13 heavy (non-hydrogen) atoms. The van der Waals surface area contributed by atoms with E-state index in [1.165, 1.54) is 32.6 Å². The van der Waals surface area contributed by atoms with Gasteiger partial charge in [0.05, 0.1) is 0 Å². The van der Waals surface area contributed by atoms with Crippen molar-refractivity contribution in [1.29, 1.82) is 0 Å². The van der Waals surface area contributed by atoms with Gasteiger partial charge in [-0.15, -0.1) is 0 Å². The normalized spacial score (nSPS) is 25.9. The molecule has 1 fully saturated rings. The number of likely N-dealkylation sites (N-methyl/N-ethyl adjacent to an activating group) is 1. The van der Waals surface area contributed by atoms with Crippen LogP contribution in [0.5, 0.6) is 0 Å². The highest BCUT2D eigenvalue weighted by atomic mass is 15.3. The van der Waals surface area contributed by atoms with Gasteiger partial charge in [0.25, 0.3) is 0 Å². The summed E-state index contributed by atoms with van der Waals surface area (Å²) in [5, 5.41) is 3.35. The molecule has 0 spiro atoms. The number of nitrogens with zero attached hydrogens (tertiary/aromatic N) is 2. The first-order valence-corrected chi connectivity index (χ1v) is 5.19. The molecule has 2 heterocycles. The molecule has 74 valence electrons. The van der Waals surface area contributed by atoms with Crippen molar-refractivity contribution in [3.8, 4) is 0 Å². The Kier molecular flexibility index (Phi) is 2.86. The van der Waals surface area contributed by atoms with E-state index in [0.29, 0.717) is 0 Å². The molecule has 1 saturated heterocycles. The number of piperazine rings is 1. The van der Waals surface area contributed by atoms with Gasteiger partial charge in [-0.1, -0.05) is 6.08 Å². The van der Waals surface area contributed by atoms with Gasteiger partial charge in [-0.2, -0.15) is 0 Å². The maximum absolute atomic E-state index is 3.35. The van der Waals surface area contributed by atoms with Gasteiger partial charge in [0.2, 0.25) is 0 Å². The third kappa shape index (κ3) is 2.23. The maximum Gasteiger partial charge on any atom is 0.0303 e.